The highest BCUT2D eigenvalue weighted by molar-refractivity contribution is 6.17. The number of amides is 1. The smallest absolute Gasteiger partial charge is 0.244 e. The monoisotopic (exact) mass is 393 g/mol. The van der Waals surface area contributed by atoms with Crippen molar-refractivity contribution in [3.63, 3.8) is 0 Å². The maximum absolute atomic E-state index is 12.2. The van der Waals surface area contributed by atoms with Gasteiger partial charge in [0, 0.05) is 18.0 Å². The molecule has 0 aliphatic heterocycles. The number of carbonyl (C=O) groups excluding carboxylic acids is 1. The van der Waals surface area contributed by atoms with Crippen molar-refractivity contribution in [2.45, 2.75) is 57.9 Å². The molecule has 5 heteroatoms. The number of unbranched alkanes of at least 4 members (excludes halogenated alkanes) is 2. The summed E-state index contributed by atoms with van der Waals surface area (Å²) in [5, 5.41) is 3.10. The molecular formula is C22H32ClNO3. The van der Waals surface area contributed by atoms with E-state index in [9.17, 15) is 4.79 Å². The van der Waals surface area contributed by atoms with Crippen molar-refractivity contribution in [2.24, 2.45) is 5.92 Å². The average Bonchev–Trinajstić information content (AvgIpc) is 2.68. The van der Waals surface area contributed by atoms with Crippen LogP contribution in [-0.4, -0.2) is 31.5 Å². The van der Waals surface area contributed by atoms with Crippen LogP contribution < -0.4 is 14.8 Å². The molecule has 2 rings (SSSR count). The average molecular weight is 394 g/mol. The van der Waals surface area contributed by atoms with Gasteiger partial charge in [0.05, 0.1) is 13.7 Å². The van der Waals surface area contributed by atoms with E-state index in [4.69, 9.17) is 21.1 Å². The lowest BCUT2D eigenvalue weighted by Crippen LogP contribution is -2.36. The zero-order chi connectivity index (χ0) is 19.5. The lowest BCUT2D eigenvalue weighted by molar-refractivity contribution is -0.117. The molecule has 0 unspecified atom stereocenters. The van der Waals surface area contributed by atoms with E-state index in [1.54, 1.807) is 13.2 Å². The number of methoxy groups -OCH3 is 1. The highest BCUT2D eigenvalue weighted by atomic mass is 35.5. The molecule has 4 nitrogen and oxygen atoms in total. The molecule has 0 radical (unpaired) electrons. The molecule has 0 aromatic heterocycles. The van der Waals surface area contributed by atoms with Crippen molar-refractivity contribution in [1.29, 1.82) is 0 Å². The minimum atomic E-state index is -0.0341. The second-order valence-electron chi connectivity index (χ2n) is 7.31. The highest BCUT2D eigenvalue weighted by Crippen LogP contribution is 2.29. The van der Waals surface area contributed by atoms with Gasteiger partial charge in [-0.15, -0.1) is 11.6 Å². The molecule has 0 spiro atoms. The first-order valence-electron chi connectivity index (χ1n) is 9.97. The number of rotatable bonds is 10. The second-order valence-corrected chi connectivity index (χ2v) is 7.69. The van der Waals surface area contributed by atoms with Crippen molar-refractivity contribution in [2.75, 3.05) is 19.6 Å². The third-order valence-electron chi connectivity index (χ3n) is 5.01. The molecule has 1 aliphatic carbocycles. The summed E-state index contributed by atoms with van der Waals surface area (Å²) in [7, 11) is 1.62. The Labute approximate surface area is 168 Å². The van der Waals surface area contributed by atoms with Gasteiger partial charge < -0.3 is 14.8 Å². The fourth-order valence-electron chi connectivity index (χ4n) is 3.29. The van der Waals surface area contributed by atoms with Crippen LogP contribution in [0.5, 0.6) is 11.5 Å². The van der Waals surface area contributed by atoms with E-state index in [1.807, 2.05) is 24.3 Å². The van der Waals surface area contributed by atoms with E-state index in [2.05, 4.69) is 12.2 Å². The van der Waals surface area contributed by atoms with E-state index < -0.39 is 0 Å². The Kier molecular flexibility index (Phi) is 9.54. The van der Waals surface area contributed by atoms with Crippen molar-refractivity contribution in [1.82, 2.24) is 5.32 Å². The predicted molar refractivity (Wildman–Crippen MR) is 112 cm³/mol. The number of carbonyl (C=O) groups is 1. The minimum Gasteiger partial charge on any atom is -0.493 e. The maximum Gasteiger partial charge on any atom is 0.244 e. The lowest BCUT2D eigenvalue weighted by atomic mass is 9.87. The zero-order valence-corrected chi connectivity index (χ0v) is 17.3. The third kappa shape index (κ3) is 7.84. The van der Waals surface area contributed by atoms with Crippen molar-refractivity contribution in [3.05, 3.63) is 29.8 Å². The Bertz CT molecular complexity index is 610. The summed E-state index contributed by atoms with van der Waals surface area (Å²) in [5.74, 6) is 2.84. The van der Waals surface area contributed by atoms with Crippen molar-refractivity contribution >= 4 is 23.6 Å². The number of nitrogens with one attached hydrogen (secondary N) is 1. The first kappa shape index (κ1) is 21.6. The van der Waals surface area contributed by atoms with Crippen LogP contribution in [-0.2, 0) is 4.79 Å². The van der Waals surface area contributed by atoms with Gasteiger partial charge >= 0.3 is 0 Å². The number of ether oxygens (including phenoxy) is 2. The Balaban J connectivity index is 1.84. The van der Waals surface area contributed by atoms with Gasteiger partial charge in [0.2, 0.25) is 5.91 Å². The fraction of sp³-hybridized carbons (Fsp3) is 0.591. The number of alkyl halides is 1. The molecular weight excluding hydrogens is 362 g/mol. The van der Waals surface area contributed by atoms with Gasteiger partial charge in [-0.2, -0.15) is 0 Å². The van der Waals surface area contributed by atoms with Gasteiger partial charge in [-0.25, -0.2) is 0 Å². The molecule has 1 aromatic rings. The van der Waals surface area contributed by atoms with E-state index in [0.717, 1.165) is 49.3 Å². The van der Waals surface area contributed by atoms with Crippen LogP contribution in [0, 0.1) is 5.92 Å². The maximum atomic E-state index is 12.2. The summed E-state index contributed by atoms with van der Waals surface area (Å²) in [5.41, 5.74) is 0.911. The van der Waals surface area contributed by atoms with Gasteiger partial charge in [0.1, 0.15) is 0 Å². The summed E-state index contributed by atoms with van der Waals surface area (Å²) in [4.78, 5) is 12.2. The molecule has 1 saturated carbocycles. The number of hydrogen-bond donors (Lipinski definition) is 1. The number of hydrogen-bond acceptors (Lipinski definition) is 3. The SMILES string of the molecule is COc1cc(/C=C/C(=O)NC2CCC(C)CC2)ccc1OCCCCCCl. The molecule has 1 N–H and O–H groups in total. The fourth-order valence-corrected chi connectivity index (χ4v) is 3.48. The van der Waals surface area contributed by atoms with Gasteiger partial charge in [-0.1, -0.05) is 13.0 Å². The van der Waals surface area contributed by atoms with Gasteiger partial charge in [-0.3, -0.25) is 4.79 Å². The lowest BCUT2D eigenvalue weighted by Gasteiger charge is -2.26. The van der Waals surface area contributed by atoms with Crippen LogP contribution in [0.25, 0.3) is 6.08 Å². The Morgan fingerprint density at radius 2 is 1.96 bits per heavy atom. The highest BCUT2D eigenvalue weighted by Gasteiger charge is 2.18. The van der Waals surface area contributed by atoms with Crippen LogP contribution in [0.3, 0.4) is 0 Å². The molecule has 0 saturated heterocycles. The second kappa shape index (κ2) is 11.9. The van der Waals surface area contributed by atoms with Crippen LogP contribution in [0.1, 0.15) is 57.4 Å². The van der Waals surface area contributed by atoms with E-state index in [-0.39, 0.29) is 5.91 Å². The summed E-state index contributed by atoms with van der Waals surface area (Å²) in [6, 6.07) is 6.02. The molecule has 1 fully saturated rings. The van der Waals surface area contributed by atoms with Crippen LogP contribution in [0.4, 0.5) is 0 Å². The molecule has 0 bridgehead atoms. The van der Waals surface area contributed by atoms with Gasteiger partial charge in [0.15, 0.2) is 11.5 Å². The molecule has 27 heavy (non-hydrogen) atoms. The zero-order valence-electron chi connectivity index (χ0n) is 16.5. The summed E-state index contributed by atoms with van der Waals surface area (Å²) >= 11 is 5.68. The predicted octanol–water partition coefficient (Wildman–Crippen LogP) is 5.19. The topological polar surface area (TPSA) is 47.6 Å². The van der Waals surface area contributed by atoms with Crippen LogP contribution in [0.15, 0.2) is 24.3 Å². The molecule has 1 aromatic carbocycles. The summed E-state index contributed by atoms with van der Waals surface area (Å²) in [6.07, 6.45) is 11.0. The third-order valence-corrected chi connectivity index (χ3v) is 5.28. The molecule has 0 atom stereocenters. The Morgan fingerprint density at radius 3 is 2.67 bits per heavy atom. The summed E-state index contributed by atoms with van der Waals surface area (Å²) < 4.78 is 11.2. The number of halogens is 1. The minimum absolute atomic E-state index is 0.0341. The molecule has 0 heterocycles. The van der Waals surface area contributed by atoms with Crippen molar-refractivity contribution in [3.8, 4) is 11.5 Å². The largest absolute Gasteiger partial charge is 0.493 e. The van der Waals surface area contributed by atoms with E-state index >= 15 is 0 Å². The molecule has 1 amide bonds. The molecule has 150 valence electrons. The van der Waals surface area contributed by atoms with Crippen LogP contribution >= 0.6 is 11.6 Å². The summed E-state index contributed by atoms with van der Waals surface area (Å²) in [6.45, 7) is 2.92. The van der Waals surface area contributed by atoms with Gasteiger partial charge in [0.25, 0.3) is 0 Å². The first-order chi connectivity index (χ1) is 13.1. The Hall–Kier alpha value is -1.68. The van der Waals surface area contributed by atoms with E-state index in [1.165, 1.54) is 12.8 Å². The quantitative estimate of drug-likeness (QED) is 0.338. The standard InChI is InChI=1S/C22H32ClNO3/c1-17-6-10-19(11-7-17)24-22(25)13-9-18-8-12-20(21(16-18)26-2)27-15-5-3-4-14-23/h8-9,12-13,16-17,19H,3-7,10-11,14-15H2,1-2H3,(H,24,25)/b13-9+. The van der Waals surface area contributed by atoms with Gasteiger partial charge in [-0.05, 0) is 74.6 Å². The first-order valence-corrected chi connectivity index (χ1v) is 10.5. The normalized spacial score (nSPS) is 19.8. The molecule has 1 aliphatic rings. The van der Waals surface area contributed by atoms with Crippen molar-refractivity contribution < 1.29 is 14.3 Å². The van der Waals surface area contributed by atoms with E-state index in [0.29, 0.717) is 24.3 Å². The van der Waals surface area contributed by atoms with Crippen LogP contribution in [0.2, 0.25) is 0 Å². The Morgan fingerprint density at radius 1 is 1.19 bits per heavy atom. The number of benzene rings is 1.